The summed E-state index contributed by atoms with van der Waals surface area (Å²) in [4.78, 5) is 73.5. The van der Waals surface area contributed by atoms with Gasteiger partial charge in [0.05, 0.1) is 17.7 Å². The normalized spacial score (nSPS) is 13.6. The number of hydrogen-bond donors (Lipinski definition) is 6. The van der Waals surface area contributed by atoms with Crippen LogP contribution in [0.25, 0.3) is 33.7 Å². The second kappa shape index (κ2) is 20.2. The Hall–Kier alpha value is -6.78. The van der Waals surface area contributed by atoms with E-state index in [1.54, 1.807) is 53.7 Å². The van der Waals surface area contributed by atoms with Crippen LogP contribution >= 0.6 is 0 Å². The number of ketones is 2. The average molecular weight is 851 g/mol. The van der Waals surface area contributed by atoms with Crippen molar-refractivity contribution in [3.63, 3.8) is 0 Å². The molecule has 62 heavy (non-hydrogen) atoms. The van der Waals surface area contributed by atoms with Gasteiger partial charge in [-0.05, 0) is 87.7 Å². The highest BCUT2D eigenvalue weighted by Gasteiger charge is 2.28. The molecule has 2 aliphatic rings. The molecule has 16 heteroatoms. The standard InChI is InChI=1S/C28H35N3O7.C18H19N3O3/c1-27(2,3)37-25(34)30-16-20(31-26(35)38-28(4,5)6)24(33)36-15-14-29-19-12-10-17-8-7-9-18-11-13-21(32)23(19)22(17)18;19-10-13(20)18(23)24-9-8-21-14-6-4-11-2-1-3-12-5-7-15(22)17(14)16(11)12/h7-13,20,29H,14-16H2,1-6H3,(H,30,34)(H,31,35);1-7,13,21H,8-10,19-20H2. The maximum absolute atomic E-state index is 12.8. The number of hydrogen-bond acceptors (Lipinski definition) is 14. The van der Waals surface area contributed by atoms with Crippen molar-refractivity contribution in [3.8, 4) is 0 Å². The molecule has 16 nitrogen and oxygen atoms in total. The van der Waals surface area contributed by atoms with Crippen molar-refractivity contribution in [1.29, 1.82) is 0 Å². The van der Waals surface area contributed by atoms with Gasteiger partial charge in [0.25, 0.3) is 0 Å². The van der Waals surface area contributed by atoms with Crippen molar-refractivity contribution in [1.82, 2.24) is 10.6 Å². The zero-order chi connectivity index (χ0) is 45.2. The number of anilines is 2. The maximum Gasteiger partial charge on any atom is 0.408 e. The van der Waals surface area contributed by atoms with Gasteiger partial charge in [-0.1, -0.05) is 60.7 Å². The van der Waals surface area contributed by atoms with Crippen LogP contribution in [0.15, 0.2) is 72.8 Å². The van der Waals surface area contributed by atoms with E-state index < -0.39 is 47.4 Å². The minimum atomic E-state index is -1.21. The van der Waals surface area contributed by atoms with Crippen LogP contribution in [0.1, 0.15) is 73.4 Å². The molecule has 0 spiro atoms. The van der Waals surface area contributed by atoms with Crippen LogP contribution in [-0.2, 0) is 28.5 Å². The summed E-state index contributed by atoms with van der Waals surface area (Å²) in [5.74, 6) is -1.44. The summed E-state index contributed by atoms with van der Waals surface area (Å²) in [7, 11) is 0. The molecule has 4 aromatic carbocycles. The fraction of sp³-hybridized carbons (Fsp3) is 0.348. The summed E-state index contributed by atoms with van der Waals surface area (Å²) in [6, 6.07) is 17.3. The van der Waals surface area contributed by atoms with Gasteiger partial charge in [-0.15, -0.1) is 0 Å². The predicted octanol–water partition coefficient (Wildman–Crippen LogP) is 5.71. The first-order valence-corrected chi connectivity index (χ1v) is 20.1. The number of rotatable bonds is 14. The van der Waals surface area contributed by atoms with E-state index in [0.29, 0.717) is 23.4 Å². The second-order valence-corrected chi connectivity index (χ2v) is 16.4. The molecule has 328 valence electrons. The molecule has 0 fully saturated rings. The van der Waals surface area contributed by atoms with Gasteiger partial charge >= 0.3 is 24.1 Å². The maximum atomic E-state index is 12.8. The lowest BCUT2D eigenvalue weighted by Crippen LogP contribution is -2.51. The van der Waals surface area contributed by atoms with Crippen LogP contribution in [0.4, 0.5) is 21.0 Å². The number of ether oxygens (including phenoxy) is 4. The Morgan fingerprint density at radius 3 is 1.56 bits per heavy atom. The van der Waals surface area contributed by atoms with Crippen LogP contribution in [0.2, 0.25) is 0 Å². The molecular weight excluding hydrogens is 797 g/mol. The van der Waals surface area contributed by atoms with Gasteiger partial charge in [0, 0.05) is 41.8 Å². The summed E-state index contributed by atoms with van der Waals surface area (Å²) in [5.41, 5.74) is 13.8. The van der Waals surface area contributed by atoms with Crippen molar-refractivity contribution in [2.24, 2.45) is 11.5 Å². The molecule has 4 aromatic rings. The van der Waals surface area contributed by atoms with Gasteiger partial charge in [-0.3, -0.25) is 14.4 Å². The number of carbonyl (C=O) groups excluding carboxylic acids is 6. The van der Waals surface area contributed by atoms with Gasteiger partial charge in [0.1, 0.15) is 36.5 Å². The second-order valence-electron chi connectivity index (χ2n) is 16.4. The number of nitrogens with two attached hydrogens (primary N) is 2. The Bertz CT molecular complexity index is 2410. The summed E-state index contributed by atoms with van der Waals surface area (Å²) in [6.07, 6.45) is 5.16. The monoisotopic (exact) mass is 850 g/mol. The SMILES string of the molecule is CC(C)(C)OC(=O)NCC(NC(=O)OC(C)(C)C)C(=O)OCCNc1ccc2cccc3c2c1C(=O)C=C3.NCC(N)C(=O)OCCNc1ccc2cccc3c2c1C(=O)C=C3. The minimum Gasteiger partial charge on any atom is -0.463 e. The lowest BCUT2D eigenvalue weighted by molar-refractivity contribution is -0.146. The van der Waals surface area contributed by atoms with Crippen LogP contribution in [-0.4, -0.2) is 98.4 Å². The number of esters is 2. The van der Waals surface area contributed by atoms with E-state index in [-0.39, 0.29) is 44.4 Å². The molecule has 2 amide bonds. The zero-order valence-electron chi connectivity index (χ0n) is 35.7. The quantitative estimate of drug-likeness (QED) is 0.0506. The topological polar surface area (TPSA) is 240 Å². The number of allylic oxidation sites excluding steroid dienone is 2. The lowest BCUT2D eigenvalue weighted by Gasteiger charge is -2.24. The van der Waals surface area contributed by atoms with Gasteiger partial charge < -0.3 is 51.7 Å². The van der Waals surface area contributed by atoms with Gasteiger partial charge in [0.2, 0.25) is 0 Å². The predicted molar refractivity (Wildman–Crippen MR) is 238 cm³/mol. The fourth-order valence-electron chi connectivity index (χ4n) is 6.52. The van der Waals surface area contributed by atoms with Crippen molar-refractivity contribution in [2.75, 3.05) is 50.0 Å². The molecule has 2 aliphatic carbocycles. The molecule has 0 aliphatic heterocycles. The molecular formula is C46H54N6O10. The fourth-order valence-corrected chi connectivity index (χ4v) is 6.52. The molecule has 0 bridgehead atoms. The first-order valence-electron chi connectivity index (χ1n) is 20.1. The molecule has 2 atom stereocenters. The first-order chi connectivity index (χ1) is 29.3. The van der Waals surface area contributed by atoms with E-state index in [0.717, 1.165) is 38.4 Å². The third-order valence-corrected chi connectivity index (χ3v) is 9.18. The largest absolute Gasteiger partial charge is 0.463 e. The van der Waals surface area contributed by atoms with Crippen LogP contribution in [0.3, 0.4) is 0 Å². The van der Waals surface area contributed by atoms with E-state index in [1.807, 2.05) is 66.7 Å². The molecule has 6 rings (SSSR count). The first kappa shape index (κ1) is 46.3. The average Bonchev–Trinajstić information content (AvgIpc) is 3.21. The Kier molecular flexibility index (Phi) is 15.1. The van der Waals surface area contributed by atoms with Crippen LogP contribution in [0.5, 0.6) is 0 Å². The van der Waals surface area contributed by atoms with Gasteiger partial charge in [-0.2, -0.15) is 0 Å². The molecule has 2 unspecified atom stereocenters. The van der Waals surface area contributed by atoms with Crippen molar-refractivity contribution in [2.45, 2.75) is 64.8 Å². The molecule has 0 radical (unpaired) electrons. The third-order valence-electron chi connectivity index (χ3n) is 9.18. The summed E-state index contributed by atoms with van der Waals surface area (Å²) >= 11 is 0. The highest BCUT2D eigenvalue weighted by atomic mass is 16.6. The number of amides is 2. The molecule has 0 saturated heterocycles. The Labute approximate surface area is 359 Å². The number of carbonyl (C=O) groups is 6. The third kappa shape index (κ3) is 12.4. The summed E-state index contributed by atoms with van der Waals surface area (Å²) in [6.45, 7) is 10.6. The molecule has 0 heterocycles. The van der Waals surface area contributed by atoms with E-state index >= 15 is 0 Å². The number of alkyl carbamates (subject to hydrolysis) is 2. The van der Waals surface area contributed by atoms with E-state index in [2.05, 4.69) is 21.3 Å². The molecule has 8 N–H and O–H groups in total. The number of benzene rings is 4. The zero-order valence-corrected chi connectivity index (χ0v) is 35.7. The van der Waals surface area contributed by atoms with Crippen LogP contribution in [0, 0.1) is 0 Å². The molecule has 0 saturated carbocycles. The Morgan fingerprint density at radius 2 is 1.10 bits per heavy atom. The smallest absolute Gasteiger partial charge is 0.408 e. The van der Waals surface area contributed by atoms with Gasteiger partial charge in [-0.25, -0.2) is 14.4 Å². The summed E-state index contributed by atoms with van der Waals surface area (Å²) < 4.78 is 20.8. The Morgan fingerprint density at radius 1 is 0.629 bits per heavy atom. The van der Waals surface area contributed by atoms with E-state index in [9.17, 15) is 28.8 Å². The van der Waals surface area contributed by atoms with Gasteiger partial charge in [0.15, 0.2) is 11.6 Å². The number of nitrogens with one attached hydrogen (secondary N) is 4. The van der Waals surface area contributed by atoms with Crippen LogP contribution < -0.4 is 32.7 Å². The van der Waals surface area contributed by atoms with E-state index in [4.69, 9.17) is 30.4 Å². The van der Waals surface area contributed by atoms with E-state index in [1.165, 1.54) is 6.08 Å². The summed E-state index contributed by atoms with van der Waals surface area (Å²) in [5, 5.41) is 15.0. The minimum absolute atomic E-state index is 0.0380. The highest BCUT2D eigenvalue weighted by molar-refractivity contribution is 6.24. The molecule has 0 aromatic heterocycles. The van der Waals surface area contributed by atoms with Crippen molar-refractivity contribution >= 4 is 80.8 Å². The van der Waals surface area contributed by atoms with Crippen molar-refractivity contribution in [3.05, 3.63) is 95.1 Å². The highest BCUT2D eigenvalue weighted by Crippen LogP contribution is 2.34. The Balaban J connectivity index is 0.000000259. The van der Waals surface area contributed by atoms with Crippen molar-refractivity contribution < 1.29 is 47.7 Å². The lowest BCUT2D eigenvalue weighted by atomic mass is 9.91.